The maximum atomic E-state index is 1.96. The zero-order valence-corrected chi connectivity index (χ0v) is 5.35. The molecule has 8 heavy (non-hydrogen) atoms. The van der Waals surface area contributed by atoms with Gasteiger partial charge < -0.3 is 5.92 Å². The normalized spacial score (nSPS) is 56.2. The third-order valence-corrected chi connectivity index (χ3v) is 2.92. The summed E-state index contributed by atoms with van der Waals surface area (Å²) in [5, 5.41) is 0. The maximum Gasteiger partial charge on any atom is 1.00 e. The molecule has 0 aromatic heterocycles. The maximum absolute atomic E-state index is 1.96. The first kappa shape index (κ1) is 5.39. The summed E-state index contributed by atoms with van der Waals surface area (Å²) in [7, 11) is 0. The van der Waals surface area contributed by atoms with Crippen molar-refractivity contribution in [2.24, 2.45) is 17.8 Å². The zero-order chi connectivity index (χ0) is 4.43. The molecule has 2 bridgehead atoms. The van der Waals surface area contributed by atoms with Crippen LogP contribution in [0.3, 0.4) is 0 Å². The molecule has 4 aliphatic carbocycles. The minimum Gasteiger partial charge on any atom is -0.313 e. The van der Waals surface area contributed by atoms with Crippen LogP contribution >= 0.6 is 0 Å². The van der Waals surface area contributed by atoms with Crippen molar-refractivity contribution in [3.05, 3.63) is 5.92 Å². The molecule has 2 atom stereocenters. The van der Waals surface area contributed by atoms with Crippen LogP contribution < -0.4 is 18.9 Å². The number of hydrogen-bond acceptors (Lipinski definition) is 0. The van der Waals surface area contributed by atoms with E-state index in [1.807, 2.05) is 5.92 Å². The molecule has 4 aliphatic rings. The second kappa shape index (κ2) is 1.36. The van der Waals surface area contributed by atoms with Crippen LogP contribution in [0.2, 0.25) is 0 Å². The first-order chi connectivity index (χ1) is 3.48. The van der Waals surface area contributed by atoms with E-state index in [4.69, 9.17) is 0 Å². The molecule has 0 N–H and O–H groups in total. The molecule has 0 aliphatic heterocycles. The van der Waals surface area contributed by atoms with Crippen LogP contribution in [0.5, 0.6) is 0 Å². The molecule has 4 rings (SSSR count). The standard InChI is InChI=1S/C7H9.Li/c1-2-4-6-5(3-1)7(4)6;/h4-6H,1-3H2;/q-1;+1. The molecule has 0 nitrogen and oxygen atoms in total. The van der Waals surface area contributed by atoms with Crippen LogP contribution in [0, 0.1) is 23.7 Å². The van der Waals surface area contributed by atoms with E-state index in [0.29, 0.717) is 0 Å². The molecule has 0 amide bonds. The quantitative estimate of drug-likeness (QED) is 0.260. The Morgan fingerprint density at radius 2 is 1.62 bits per heavy atom. The second-order valence-electron chi connectivity index (χ2n) is 3.17. The monoisotopic (exact) mass is 100 g/mol. The molecular weight excluding hydrogens is 91.0 g/mol. The van der Waals surface area contributed by atoms with Gasteiger partial charge in [-0.1, -0.05) is 19.3 Å². The van der Waals surface area contributed by atoms with Gasteiger partial charge in [0.05, 0.1) is 0 Å². The van der Waals surface area contributed by atoms with E-state index in [0.717, 1.165) is 0 Å². The van der Waals surface area contributed by atoms with E-state index in [1.165, 1.54) is 24.2 Å². The molecule has 0 radical (unpaired) electrons. The first-order valence-electron chi connectivity index (χ1n) is 3.35. The van der Waals surface area contributed by atoms with Gasteiger partial charge in [-0.05, 0) is 0 Å². The predicted octanol–water partition coefficient (Wildman–Crippen LogP) is -1.38. The summed E-state index contributed by atoms with van der Waals surface area (Å²) in [6, 6.07) is 0. The van der Waals surface area contributed by atoms with Crippen molar-refractivity contribution >= 4 is 0 Å². The van der Waals surface area contributed by atoms with Crippen molar-refractivity contribution in [3.8, 4) is 0 Å². The fourth-order valence-corrected chi connectivity index (χ4v) is 2.41. The molecule has 38 valence electrons. The minimum absolute atomic E-state index is 0. The average molecular weight is 100 g/mol. The summed E-state index contributed by atoms with van der Waals surface area (Å²) in [4.78, 5) is 0. The van der Waals surface area contributed by atoms with Crippen molar-refractivity contribution in [3.63, 3.8) is 0 Å². The zero-order valence-electron chi connectivity index (χ0n) is 5.35. The molecule has 0 saturated heterocycles. The molecule has 0 heterocycles. The van der Waals surface area contributed by atoms with Crippen LogP contribution in [-0.2, 0) is 0 Å². The van der Waals surface area contributed by atoms with Gasteiger partial charge in [-0.2, -0.15) is 11.8 Å². The number of hydrogen-bond donors (Lipinski definition) is 0. The Morgan fingerprint density at radius 3 is 1.88 bits per heavy atom. The number of rotatable bonds is 0. The Hall–Kier alpha value is 0.597. The fourth-order valence-electron chi connectivity index (χ4n) is 2.41. The SMILES string of the molecule is C1CC2[C-]3C(C1)C32.[Li+]. The van der Waals surface area contributed by atoms with Gasteiger partial charge in [0, 0.05) is 0 Å². The largest absolute Gasteiger partial charge is 1.00 e. The Labute approximate surface area is 62.2 Å². The summed E-state index contributed by atoms with van der Waals surface area (Å²) < 4.78 is 0. The van der Waals surface area contributed by atoms with Crippen molar-refractivity contribution in [1.29, 1.82) is 0 Å². The molecule has 2 unspecified atom stereocenters. The molecule has 0 aromatic carbocycles. The third-order valence-electron chi connectivity index (χ3n) is 2.92. The number of fused-ring (bicyclic) bond motifs is 2. The summed E-state index contributed by atoms with van der Waals surface area (Å²) in [6.45, 7) is 0. The van der Waals surface area contributed by atoms with Gasteiger partial charge in [-0.3, -0.25) is 0 Å². The van der Waals surface area contributed by atoms with Gasteiger partial charge >= 0.3 is 18.9 Å². The van der Waals surface area contributed by atoms with Gasteiger partial charge in [-0.25, -0.2) is 5.92 Å². The van der Waals surface area contributed by atoms with Gasteiger partial charge in [0.15, 0.2) is 0 Å². The van der Waals surface area contributed by atoms with Crippen molar-refractivity contribution in [2.75, 3.05) is 0 Å². The Kier molecular flexibility index (Phi) is 0.915. The van der Waals surface area contributed by atoms with E-state index >= 15 is 0 Å². The summed E-state index contributed by atoms with van der Waals surface area (Å²) >= 11 is 0. The van der Waals surface area contributed by atoms with E-state index in [2.05, 4.69) is 0 Å². The van der Waals surface area contributed by atoms with Gasteiger partial charge in [-0.15, -0.1) is 0 Å². The second-order valence-corrected chi connectivity index (χ2v) is 3.17. The molecule has 4 saturated carbocycles. The Morgan fingerprint density at radius 1 is 1.12 bits per heavy atom. The summed E-state index contributed by atoms with van der Waals surface area (Å²) in [5.74, 6) is 5.53. The van der Waals surface area contributed by atoms with Gasteiger partial charge in [0.25, 0.3) is 0 Å². The van der Waals surface area contributed by atoms with Crippen LogP contribution in [0.25, 0.3) is 0 Å². The Balaban J connectivity index is 0.000000270. The molecule has 0 aromatic rings. The van der Waals surface area contributed by atoms with Crippen LogP contribution in [-0.4, -0.2) is 0 Å². The van der Waals surface area contributed by atoms with Gasteiger partial charge in [0.1, 0.15) is 0 Å². The van der Waals surface area contributed by atoms with Crippen LogP contribution in [0.15, 0.2) is 0 Å². The van der Waals surface area contributed by atoms with E-state index in [-0.39, 0.29) is 18.9 Å². The summed E-state index contributed by atoms with van der Waals surface area (Å²) in [6.07, 6.45) is 4.64. The average Bonchev–Trinajstić information content (AvgIpc) is 2.53. The molecule has 1 heteroatoms. The van der Waals surface area contributed by atoms with Crippen LogP contribution in [0.4, 0.5) is 0 Å². The topological polar surface area (TPSA) is 0 Å². The van der Waals surface area contributed by atoms with Gasteiger partial charge in [0.2, 0.25) is 0 Å². The van der Waals surface area contributed by atoms with Crippen molar-refractivity contribution in [1.82, 2.24) is 0 Å². The predicted molar refractivity (Wildman–Crippen MR) is 27.6 cm³/mol. The minimum atomic E-state index is 0. The molecule has 0 spiro atoms. The third kappa shape index (κ3) is 0.405. The van der Waals surface area contributed by atoms with Crippen molar-refractivity contribution in [2.45, 2.75) is 19.3 Å². The van der Waals surface area contributed by atoms with E-state index < -0.39 is 0 Å². The molecular formula is C7H9Li. The first-order valence-corrected chi connectivity index (χ1v) is 3.35. The fraction of sp³-hybridized carbons (Fsp3) is 0.857. The van der Waals surface area contributed by atoms with E-state index in [9.17, 15) is 0 Å². The van der Waals surface area contributed by atoms with Crippen molar-refractivity contribution < 1.29 is 18.9 Å². The summed E-state index contributed by atoms with van der Waals surface area (Å²) in [5.41, 5.74) is 0. The van der Waals surface area contributed by atoms with E-state index in [1.54, 1.807) is 12.8 Å². The Bertz CT molecular complexity index is 87.6. The smallest absolute Gasteiger partial charge is 0.313 e. The van der Waals surface area contributed by atoms with Crippen LogP contribution in [0.1, 0.15) is 19.3 Å². The molecule has 4 fully saturated rings.